The zero-order valence-electron chi connectivity index (χ0n) is 8.73. The van der Waals surface area contributed by atoms with Gasteiger partial charge in [0.05, 0.1) is 10.9 Å². The van der Waals surface area contributed by atoms with E-state index in [0.717, 1.165) is 0 Å². The molecule has 1 aromatic heterocycles. The highest BCUT2D eigenvalue weighted by Crippen LogP contribution is 2.07. The Labute approximate surface area is 92.2 Å². The summed E-state index contributed by atoms with van der Waals surface area (Å²) in [7, 11) is 0. The van der Waals surface area contributed by atoms with Gasteiger partial charge in [0.1, 0.15) is 0 Å². The maximum atomic E-state index is 11.6. The first-order chi connectivity index (χ1) is 7.81. The van der Waals surface area contributed by atoms with Gasteiger partial charge in [0.2, 0.25) is 5.95 Å². The van der Waals surface area contributed by atoms with Gasteiger partial charge in [-0.1, -0.05) is 12.1 Å². The van der Waals surface area contributed by atoms with E-state index in [0.29, 0.717) is 29.8 Å². The Bertz CT molecular complexity index is 536. The Morgan fingerprint density at radius 1 is 1.38 bits per heavy atom. The molecule has 1 heterocycles. The van der Waals surface area contributed by atoms with Gasteiger partial charge in [0.15, 0.2) is 0 Å². The second kappa shape index (κ2) is 4.76. The lowest BCUT2D eigenvalue weighted by molar-refractivity contribution is 0.292. The third-order valence-corrected chi connectivity index (χ3v) is 2.24. The van der Waals surface area contributed by atoms with Crippen LogP contribution in [0.4, 0.5) is 5.95 Å². The van der Waals surface area contributed by atoms with Gasteiger partial charge in [-0.15, -0.1) is 0 Å². The van der Waals surface area contributed by atoms with E-state index in [1.165, 1.54) is 0 Å². The molecule has 0 unspecified atom stereocenters. The molecule has 0 radical (unpaired) electrons. The molecule has 0 fully saturated rings. The molecule has 0 saturated carbocycles. The number of nitrogens with one attached hydrogen (secondary N) is 2. The summed E-state index contributed by atoms with van der Waals surface area (Å²) < 4.78 is 0. The first kappa shape index (κ1) is 10.6. The largest absolute Gasteiger partial charge is 0.396 e. The maximum Gasteiger partial charge on any atom is 0.260 e. The average Bonchev–Trinajstić information content (AvgIpc) is 2.30. The highest BCUT2D eigenvalue weighted by Gasteiger charge is 2.01. The molecular formula is C11H13N3O2. The van der Waals surface area contributed by atoms with Crippen LogP contribution in [0.5, 0.6) is 0 Å². The number of rotatable bonds is 4. The van der Waals surface area contributed by atoms with Crippen LogP contribution in [0.3, 0.4) is 0 Å². The Kier molecular flexibility index (Phi) is 3.16. The lowest BCUT2D eigenvalue weighted by Crippen LogP contribution is -2.14. The van der Waals surface area contributed by atoms with Crippen molar-refractivity contribution in [1.29, 1.82) is 0 Å². The van der Waals surface area contributed by atoms with Crippen molar-refractivity contribution in [3.63, 3.8) is 0 Å². The molecule has 0 atom stereocenters. The maximum absolute atomic E-state index is 11.6. The van der Waals surface area contributed by atoms with Gasteiger partial charge < -0.3 is 10.4 Å². The average molecular weight is 219 g/mol. The molecule has 0 aliphatic heterocycles. The van der Waals surface area contributed by atoms with Crippen molar-refractivity contribution in [3.8, 4) is 0 Å². The molecule has 0 amide bonds. The van der Waals surface area contributed by atoms with Gasteiger partial charge in [0, 0.05) is 13.2 Å². The minimum Gasteiger partial charge on any atom is -0.396 e. The molecule has 0 aliphatic rings. The molecule has 5 nitrogen and oxygen atoms in total. The van der Waals surface area contributed by atoms with Gasteiger partial charge in [0.25, 0.3) is 5.56 Å². The van der Waals surface area contributed by atoms with Gasteiger partial charge in [-0.05, 0) is 18.6 Å². The van der Waals surface area contributed by atoms with Crippen molar-refractivity contribution in [2.24, 2.45) is 0 Å². The SMILES string of the molecule is O=c1[nH]c(NCCCO)nc2ccccc12. The van der Waals surface area contributed by atoms with Crippen molar-refractivity contribution < 1.29 is 5.11 Å². The van der Waals surface area contributed by atoms with E-state index in [1.54, 1.807) is 18.2 Å². The number of para-hydroxylation sites is 1. The highest BCUT2D eigenvalue weighted by molar-refractivity contribution is 5.78. The fourth-order valence-electron chi connectivity index (χ4n) is 1.46. The molecule has 0 bridgehead atoms. The molecule has 0 spiro atoms. The minimum absolute atomic E-state index is 0.116. The monoisotopic (exact) mass is 219 g/mol. The second-order valence-electron chi connectivity index (χ2n) is 3.44. The summed E-state index contributed by atoms with van der Waals surface area (Å²) in [4.78, 5) is 18.6. The molecule has 1 aromatic carbocycles. The fourth-order valence-corrected chi connectivity index (χ4v) is 1.46. The Hall–Kier alpha value is -1.88. The lowest BCUT2D eigenvalue weighted by Gasteiger charge is -2.04. The summed E-state index contributed by atoms with van der Waals surface area (Å²) in [5.41, 5.74) is 0.509. The van der Waals surface area contributed by atoms with E-state index in [1.807, 2.05) is 6.07 Å². The molecule has 5 heteroatoms. The van der Waals surface area contributed by atoms with Gasteiger partial charge >= 0.3 is 0 Å². The number of aromatic nitrogens is 2. The van der Waals surface area contributed by atoms with E-state index in [9.17, 15) is 4.79 Å². The Balaban J connectivity index is 2.31. The normalized spacial score (nSPS) is 10.6. The molecule has 2 rings (SSSR count). The summed E-state index contributed by atoms with van der Waals surface area (Å²) in [5.74, 6) is 0.442. The van der Waals surface area contributed by atoms with Crippen LogP contribution in [0.25, 0.3) is 10.9 Å². The molecule has 16 heavy (non-hydrogen) atoms. The quantitative estimate of drug-likeness (QED) is 0.662. The Morgan fingerprint density at radius 2 is 2.19 bits per heavy atom. The van der Waals surface area contributed by atoms with Crippen molar-refractivity contribution >= 4 is 16.9 Å². The number of aliphatic hydroxyl groups is 1. The zero-order valence-corrected chi connectivity index (χ0v) is 8.73. The second-order valence-corrected chi connectivity index (χ2v) is 3.44. The summed E-state index contributed by atoms with van der Waals surface area (Å²) >= 11 is 0. The van der Waals surface area contributed by atoms with Crippen molar-refractivity contribution in [3.05, 3.63) is 34.6 Å². The topological polar surface area (TPSA) is 78.0 Å². The van der Waals surface area contributed by atoms with E-state index in [-0.39, 0.29) is 12.2 Å². The van der Waals surface area contributed by atoms with Crippen LogP contribution in [0.1, 0.15) is 6.42 Å². The number of fused-ring (bicyclic) bond motifs is 1. The fraction of sp³-hybridized carbons (Fsp3) is 0.273. The van der Waals surface area contributed by atoms with Crippen molar-refractivity contribution in [2.75, 3.05) is 18.5 Å². The van der Waals surface area contributed by atoms with Crippen LogP contribution in [-0.4, -0.2) is 28.2 Å². The van der Waals surface area contributed by atoms with E-state index < -0.39 is 0 Å². The number of hydrogen-bond acceptors (Lipinski definition) is 4. The van der Waals surface area contributed by atoms with Crippen molar-refractivity contribution in [2.45, 2.75) is 6.42 Å². The Morgan fingerprint density at radius 3 is 3.00 bits per heavy atom. The summed E-state index contributed by atoms with van der Waals surface area (Å²) in [5, 5.41) is 12.2. The number of nitrogens with zero attached hydrogens (tertiary/aromatic N) is 1. The number of anilines is 1. The minimum atomic E-state index is -0.155. The van der Waals surface area contributed by atoms with Gasteiger partial charge in [-0.3, -0.25) is 9.78 Å². The van der Waals surface area contributed by atoms with E-state index >= 15 is 0 Å². The van der Waals surface area contributed by atoms with Crippen LogP contribution < -0.4 is 10.9 Å². The summed E-state index contributed by atoms with van der Waals surface area (Å²) in [6.07, 6.45) is 0.622. The smallest absolute Gasteiger partial charge is 0.260 e. The van der Waals surface area contributed by atoms with Crippen LogP contribution >= 0.6 is 0 Å². The number of aromatic amines is 1. The van der Waals surface area contributed by atoms with E-state index in [2.05, 4.69) is 15.3 Å². The number of H-pyrrole nitrogens is 1. The third kappa shape index (κ3) is 2.20. The number of benzene rings is 1. The predicted molar refractivity (Wildman–Crippen MR) is 62.6 cm³/mol. The lowest BCUT2D eigenvalue weighted by atomic mass is 10.2. The van der Waals surface area contributed by atoms with Gasteiger partial charge in [-0.2, -0.15) is 0 Å². The van der Waals surface area contributed by atoms with Gasteiger partial charge in [-0.25, -0.2) is 4.98 Å². The molecule has 0 saturated heterocycles. The first-order valence-electron chi connectivity index (χ1n) is 5.15. The van der Waals surface area contributed by atoms with Crippen LogP contribution in [0.2, 0.25) is 0 Å². The summed E-state index contributed by atoms with van der Waals surface area (Å²) in [6, 6.07) is 7.17. The first-order valence-corrected chi connectivity index (χ1v) is 5.15. The molecule has 84 valence electrons. The van der Waals surface area contributed by atoms with Crippen LogP contribution in [0, 0.1) is 0 Å². The number of hydrogen-bond donors (Lipinski definition) is 3. The standard InChI is InChI=1S/C11H13N3O2/c15-7-3-6-12-11-13-9-5-2-1-4-8(9)10(16)14-11/h1-2,4-5,15H,3,6-7H2,(H2,12,13,14,16). The number of aliphatic hydroxyl groups excluding tert-OH is 1. The van der Waals surface area contributed by atoms with Crippen LogP contribution in [-0.2, 0) is 0 Å². The van der Waals surface area contributed by atoms with Crippen molar-refractivity contribution in [1.82, 2.24) is 9.97 Å². The predicted octanol–water partition coefficient (Wildman–Crippen LogP) is 0.717. The molecular weight excluding hydrogens is 206 g/mol. The summed E-state index contributed by atoms with van der Waals surface area (Å²) in [6.45, 7) is 0.697. The van der Waals surface area contributed by atoms with E-state index in [4.69, 9.17) is 5.11 Å². The zero-order chi connectivity index (χ0) is 11.4. The van der Waals surface area contributed by atoms with Crippen LogP contribution in [0.15, 0.2) is 29.1 Å². The molecule has 3 N–H and O–H groups in total. The highest BCUT2D eigenvalue weighted by atomic mass is 16.3. The third-order valence-electron chi connectivity index (χ3n) is 2.24. The molecule has 2 aromatic rings. The molecule has 0 aliphatic carbocycles.